The topological polar surface area (TPSA) is 38.9 Å². The monoisotopic (exact) mass is 320 g/mol. The highest BCUT2D eigenvalue weighted by Crippen LogP contribution is 2.29. The SMILES string of the molecule is Fc1cccc(-c2nc(Br)no2)c1Br. The average Bonchev–Trinajstić information content (AvgIpc) is 2.57. The highest BCUT2D eigenvalue weighted by Gasteiger charge is 2.12. The molecule has 0 aliphatic carbocycles. The summed E-state index contributed by atoms with van der Waals surface area (Å²) < 4.78 is 18.7. The van der Waals surface area contributed by atoms with Crippen LogP contribution in [0.1, 0.15) is 0 Å². The number of hydrogen-bond acceptors (Lipinski definition) is 3. The first kappa shape index (κ1) is 9.79. The quantitative estimate of drug-likeness (QED) is 0.808. The molecule has 72 valence electrons. The third kappa shape index (κ3) is 1.72. The van der Waals surface area contributed by atoms with Crippen LogP contribution in [0.5, 0.6) is 0 Å². The molecule has 2 aromatic rings. The van der Waals surface area contributed by atoms with Crippen LogP contribution in [0.25, 0.3) is 11.5 Å². The summed E-state index contributed by atoms with van der Waals surface area (Å²) in [5, 5.41) is 3.55. The summed E-state index contributed by atoms with van der Waals surface area (Å²) in [5.74, 6) is -0.0972. The fraction of sp³-hybridized carbons (Fsp3) is 0. The molecular weight excluding hydrogens is 319 g/mol. The Morgan fingerprint density at radius 1 is 1.29 bits per heavy atom. The molecule has 0 atom stereocenters. The predicted molar refractivity (Wildman–Crippen MR) is 55.1 cm³/mol. The van der Waals surface area contributed by atoms with E-state index in [9.17, 15) is 4.39 Å². The maximum absolute atomic E-state index is 13.1. The average molecular weight is 322 g/mol. The van der Waals surface area contributed by atoms with Crippen molar-refractivity contribution < 1.29 is 8.91 Å². The Morgan fingerprint density at radius 2 is 2.07 bits per heavy atom. The molecule has 1 aromatic heterocycles. The van der Waals surface area contributed by atoms with Gasteiger partial charge in [0.05, 0.1) is 10.0 Å². The van der Waals surface area contributed by atoms with Crippen molar-refractivity contribution in [2.75, 3.05) is 0 Å². The van der Waals surface area contributed by atoms with E-state index in [1.54, 1.807) is 12.1 Å². The first-order chi connectivity index (χ1) is 6.68. The number of benzene rings is 1. The van der Waals surface area contributed by atoms with Crippen LogP contribution in [0.15, 0.2) is 31.9 Å². The Kier molecular flexibility index (Phi) is 2.64. The van der Waals surface area contributed by atoms with E-state index in [1.807, 2.05) is 0 Å². The molecule has 0 saturated carbocycles. The van der Waals surface area contributed by atoms with Gasteiger partial charge in [0.2, 0.25) is 4.73 Å². The summed E-state index contributed by atoms with van der Waals surface area (Å²) in [6.07, 6.45) is 0. The van der Waals surface area contributed by atoms with Crippen molar-refractivity contribution in [3.05, 3.63) is 33.2 Å². The molecule has 0 bridgehead atoms. The minimum absolute atomic E-state index is 0.267. The molecule has 2 rings (SSSR count). The lowest BCUT2D eigenvalue weighted by Crippen LogP contribution is -1.83. The molecule has 6 heteroatoms. The fourth-order valence-corrected chi connectivity index (χ4v) is 1.65. The van der Waals surface area contributed by atoms with Gasteiger partial charge >= 0.3 is 0 Å². The Bertz CT molecular complexity index is 472. The zero-order valence-corrected chi connectivity index (χ0v) is 9.84. The van der Waals surface area contributed by atoms with Gasteiger partial charge in [-0.25, -0.2) is 4.39 Å². The van der Waals surface area contributed by atoms with Crippen LogP contribution in [-0.2, 0) is 0 Å². The Morgan fingerprint density at radius 3 is 2.71 bits per heavy atom. The minimum atomic E-state index is -0.364. The van der Waals surface area contributed by atoms with Crippen LogP contribution in [-0.4, -0.2) is 10.1 Å². The van der Waals surface area contributed by atoms with E-state index in [0.29, 0.717) is 14.8 Å². The maximum atomic E-state index is 13.1. The smallest absolute Gasteiger partial charge is 0.259 e. The number of aromatic nitrogens is 2. The number of halogens is 3. The van der Waals surface area contributed by atoms with Crippen molar-refractivity contribution >= 4 is 31.9 Å². The van der Waals surface area contributed by atoms with Gasteiger partial charge in [0, 0.05) is 0 Å². The molecule has 0 N–H and O–H groups in total. The molecule has 0 radical (unpaired) electrons. The van der Waals surface area contributed by atoms with Gasteiger partial charge in [0.1, 0.15) is 5.82 Å². The summed E-state index contributed by atoms with van der Waals surface area (Å²) in [4.78, 5) is 3.93. The predicted octanol–water partition coefficient (Wildman–Crippen LogP) is 3.40. The first-order valence-corrected chi connectivity index (χ1v) is 5.20. The third-order valence-corrected chi connectivity index (χ3v) is 2.71. The summed E-state index contributed by atoms with van der Waals surface area (Å²) in [7, 11) is 0. The van der Waals surface area contributed by atoms with E-state index < -0.39 is 0 Å². The summed E-state index contributed by atoms with van der Waals surface area (Å²) >= 11 is 6.16. The van der Waals surface area contributed by atoms with Crippen molar-refractivity contribution in [2.45, 2.75) is 0 Å². The normalized spacial score (nSPS) is 10.5. The zero-order chi connectivity index (χ0) is 10.1. The van der Waals surface area contributed by atoms with Gasteiger partial charge in [-0.3, -0.25) is 0 Å². The lowest BCUT2D eigenvalue weighted by molar-refractivity contribution is 0.426. The van der Waals surface area contributed by atoms with Crippen molar-refractivity contribution in [3.63, 3.8) is 0 Å². The zero-order valence-electron chi connectivity index (χ0n) is 6.67. The van der Waals surface area contributed by atoms with E-state index in [0.717, 1.165) is 0 Å². The van der Waals surface area contributed by atoms with E-state index in [4.69, 9.17) is 4.52 Å². The number of rotatable bonds is 1. The highest BCUT2D eigenvalue weighted by atomic mass is 79.9. The van der Waals surface area contributed by atoms with Gasteiger partial charge in [-0.05, 0) is 49.1 Å². The first-order valence-electron chi connectivity index (χ1n) is 3.62. The lowest BCUT2D eigenvalue weighted by Gasteiger charge is -1.98. The Labute approximate surface area is 95.6 Å². The van der Waals surface area contributed by atoms with Crippen molar-refractivity contribution in [2.24, 2.45) is 0 Å². The van der Waals surface area contributed by atoms with Gasteiger partial charge in [0.25, 0.3) is 5.89 Å². The number of hydrogen-bond donors (Lipinski definition) is 0. The molecular formula is C8H3Br2FN2O. The molecule has 0 fully saturated rings. The molecule has 0 unspecified atom stereocenters. The van der Waals surface area contributed by atoms with Gasteiger partial charge in [-0.2, -0.15) is 4.98 Å². The Hall–Kier alpha value is -0.750. The van der Waals surface area contributed by atoms with Crippen LogP contribution in [0, 0.1) is 5.82 Å². The standard InChI is InChI=1S/C8H3Br2FN2O/c9-6-4(2-1-3-5(6)11)7-12-8(10)13-14-7/h1-3H. The molecule has 3 nitrogen and oxygen atoms in total. The van der Waals surface area contributed by atoms with Crippen molar-refractivity contribution in [3.8, 4) is 11.5 Å². The minimum Gasteiger partial charge on any atom is -0.333 e. The van der Waals surface area contributed by atoms with Gasteiger partial charge < -0.3 is 4.52 Å². The van der Waals surface area contributed by atoms with Crippen LogP contribution >= 0.6 is 31.9 Å². The van der Waals surface area contributed by atoms with Crippen molar-refractivity contribution in [1.29, 1.82) is 0 Å². The highest BCUT2D eigenvalue weighted by molar-refractivity contribution is 9.10. The largest absolute Gasteiger partial charge is 0.333 e. The maximum Gasteiger partial charge on any atom is 0.259 e. The van der Waals surface area contributed by atoms with Gasteiger partial charge in [0.15, 0.2) is 0 Å². The van der Waals surface area contributed by atoms with E-state index in [1.165, 1.54) is 6.07 Å². The van der Waals surface area contributed by atoms with Crippen molar-refractivity contribution in [1.82, 2.24) is 10.1 Å². The van der Waals surface area contributed by atoms with E-state index >= 15 is 0 Å². The van der Waals surface area contributed by atoms with Crippen LogP contribution in [0.3, 0.4) is 0 Å². The second kappa shape index (κ2) is 3.78. The second-order valence-corrected chi connectivity index (χ2v) is 3.97. The molecule has 0 amide bonds. The van der Waals surface area contributed by atoms with Crippen LogP contribution < -0.4 is 0 Å². The van der Waals surface area contributed by atoms with Crippen LogP contribution in [0.2, 0.25) is 0 Å². The van der Waals surface area contributed by atoms with Gasteiger partial charge in [-0.15, -0.1) is 0 Å². The molecule has 0 spiro atoms. The number of nitrogens with zero attached hydrogens (tertiary/aromatic N) is 2. The molecule has 14 heavy (non-hydrogen) atoms. The molecule has 1 aromatic carbocycles. The van der Waals surface area contributed by atoms with Gasteiger partial charge in [-0.1, -0.05) is 6.07 Å². The fourth-order valence-electron chi connectivity index (χ4n) is 0.984. The van der Waals surface area contributed by atoms with Crippen LogP contribution in [0.4, 0.5) is 4.39 Å². The summed E-state index contributed by atoms with van der Waals surface area (Å²) in [5.41, 5.74) is 0.531. The molecule has 1 heterocycles. The van der Waals surface area contributed by atoms with E-state index in [-0.39, 0.29) is 11.7 Å². The summed E-state index contributed by atoms with van der Waals surface area (Å²) in [6.45, 7) is 0. The Balaban J connectivity index is 2.57. The second-order valence-electron chi connectivity index (χ2n) is 2.47. The lowest BCUT2D eigenvalue weighted by atomic mass is 10.2. The summed E-state index contributed by atoms with van der Waals surface area (Å²) in [6, 6.07) is 4.61. The molecule has 0 aliphatic heterocycles. The van der Waals surface area contributed by atoms with E-state index in [2.05, 4.69) is 42.0 Å². The third-order valence-electron chi connectivity index (χ3n) is 1.58. The molecule has 0 aliphatic rings. The molecule has 0 saturated heterocycles.